The number of benzene rings is 1. The first-order chi connectivity index (χ1) is 12.2. The summed E-state index contributed by atoms with van der Waals surface area (Å²) in [6.45, 7) is 1.90. The molecule has 4 rings (SSSR count). The van der Waals surface area contributed by atoms with Crippen LogP contribution in [0.5, 0.6) is 0 Å². The molecular weight excluding hydrogens is 332 g/mol. The van der Waals surface area contributed by atoms with Crippen molar-refractivity contribution in [3.63, 3.8) is 0 Å². The molecule has 3 heterocycles. The van der Waals surface area contributed by atoms with E-state index < -0.39 is 0 Å². The number of pyridine rings is 2. The topological polar surface area (TPSA) is 67.8 Å². The zero-order valence-corrected chi connectivity index (χ0v) is 14.2. The quantitative estimate of drug-likeness (QED) is 0.600. The molecule has 5 nitrogen and oxygen atoms in total. The third-order valence-electron chi connectivity index (χ3n) is 3.73. The third-order valence-corrected chi connectivity index (χ3v) is 4.60. The molecule has 0 saturated heterocycles. The summed E-state index contributed by atoms with van der Waals surface area (Å²) in [5.41, 5.74) is 3.59. The number of aromatic nitrogens is 3. The fourth-order valence-corrected chi connectivity index (χ4v) is 3.27. The van der Waals surface area contributed by atoms with Crippen molar-refractivity contribution < 1.29 is 4.79 Å². The van der Waals surface area contributed by atoms with E-state index in [1.165, 1.54) is 11.3 Å². The Balaban J connectivity index is 1.82. The van der Waals surface area contributed by atoms with Crippen LogP contribution in [0.25, 0.3) is 22.3 Å². The Labute approximate surface area is 148 Å². The molecule has 0 saturated carbocycles. The van der Waals surface area contributed by atoms with Crippen LogP contribution in [0.15, 0.2) is 60.1 Å². The van der Waals surface area contributed by atoms with Crippen molar-refractivity contribution in [3.8, 4) is 11.4 Å². The summed E-state index contributed by atoms with van der Waals surface area (Å²) < 4.78 is 0. The van der Waals surface area contributed by atoms with Crippen LogP contribution in [-0.4, -0.2) is 20.9 Å². The average molecular weight is 346 g/mol. The highest BCUT2D eigenvalue weighted by Crippen LogP contribution is 2.25. The minimum atomic E-state index is -0.204. The van der Waals surface area contributed by atoms with Crippen molar-refractivity contribution in [2.45, 2.75) is 6.92 Å². The van der Waals surface area contributed by atoms with Crippen molar-refractivity contribution in [2.24, 2.45) is 0 Å². The third kappa shape index (κ3) is 3.12. The molecule has 0 aliphatic heterocycles. The molecule has 0 fully saturated rings. The number of hydrogen-bond acceptors (Lipinski definition) is 5. The fourth-order valence-electron chi connectivity index (χ4n) is 2.58. The van der Waals surface area contributed by atoms with Gasteiger partial charge in [-0.1, -0.05) is 24.3 Å². The Hall–Kier alpha value is -3.12. The van der Waals surface area contributed by atoms with Gasteiger partial charge in [-0.3, -0.25) is 15.1 Å². The highest BCUT2D eigenvalue weighted by atomic mass is 32.1. The maximum atomic E-state index is 12.8. The molecule has 0 unspecified atom stereocenters. The predicted octanol–water partition coefficient (Wildman–Crippen LogP) is 4.31. The Morgan fingerprint density at radius 1 is 1.04 bits per heavy atom. The minimum Gasteiger partial charge on any atom is -0.298 e. The Bertz CT molecular complexity index is 1060. The summed E-state index contributed by atoms with van der Waals surface area (Å²) in [6, 6.07) is 15.0. The van der Waals surface area contributed by atoms with Gasteiger partial charge in [0.25, 0.3) is 5.91 Å². The van der Waals surface area contributed by atoms with Gasteiger partial charge in [0.05, 0.1) is 28.2 Å². The van der Waals surface area contributed by atoms with E-state index in [-0.39, 0.29) is 5.91 Å². The summed E-state index contributed by atoms with van der Waals surface area (Å²) in [5.74, 6) is -0.204. The first-order valence-corrected chi connectivity index (χ1v) is 8.63. The summed E-state index contributed by atoms with van der Waals surface area (Å²) in [5, 5.41) is 6.16. The van der Waals surface area contributed by atoms with Crippen LogP contribution < -0.4 is 5.32 Å². The first kappa shape index (κ1) is 15.4. The first-order valence-electron chi connectivity index (χ1n) is 7.75. The number of fused-ring (bicyclic) bond motifs is 1. The predicted molar refractivity (Wildman–Crippen MR) is 99.8 cm³/mol. The monoisotopic (exact) mass is 346 g/mol. The van der Waals surface area contributed by atoms with Gasteiger partial charge < -0.3 is 0 Å². The Morgan fingerprint density at radius 2 is 1.88 bits per heavy atom. The summed E-state index contributed by atoms with van der Waals surface area (Å²) >= 11 is 1.41. The van der Waals surface area contributed by atoms with Crippen molar-refractivity contribution in [2.75, 3.05) is 5.32 Å². The van der Waals surface area contributed by atoms with Crippen molar-refractivity contribution >= 4 is 33.3 Å². The molecule has 0 radical (unpaired) electrons. The Morgan fingerprint density at radius 3 is 2.64 bits per heavy atom. The summed E-state index contributed by atoms with van der Waals surface area (Å²) in [7, 11) is 0. The number of thiazole rings is 1. The molecule has 3 aromatic heterocycles. The van der Waals surface area contributed by atoms with Gasteiger partial charge >= 0.3 is 0 Å². The lowest BCUT2D eigenvalue weighted by Crippen LogP contribution is -2.13. The molecule has 25 heavy (non-hydrogen) atoms. The van der Waals surface area contributed by atoms with Gasteiger partial charge in [-0.25, -0.2) is 9.97 Å². The van der Waals surface area contributed by atoms with Crippen molar-refractivity contribution in [1.82, 2.24) is 15.0 Å². The number of anilines is 1. The van der Waals surface area contributed by atoms with Crippen LogP contribution >= 0.6 is 11.3 Å². The molecule has 4 aromatic rings. The second-order valence-corrected chi connectivity index (χ2v) is 6.39. The highest BCUT2D eigenvalue weighted by molar-refractivity contribution is 7.13. The molecule has 0 aliphatic carbocycles. The van der Waals surface area contributed by atoms with Crippen LogP contribution in [0.2, 0.25) is 0 Å². The molecule has 0 bridgehead atoms. The van der Waals surface area contributed by atoms with Gasteiger partial charge in [-0.15, -0.1) is 11.3 Å². The second kappa shape index (κ2) is 6.41. The minimum absolute atomic E-state index is 0.204. The van der Waals surface area contributed by atoms with Crippen LogP contribution in [0.3, 0.4) is 0 Å². The number of hydrogen-bond donors (Lipinski definition) is 1. The van der Waals surface area contributed by atoms with E-state index in [4.69, 9.17) is 0 Å². The molecule has 122 valence electrons. The van der Waals surface area contributed by atoms with E-state index in [1.54, 1.807) is 12.3 Å². The number of carbonyl (C=O) groups excluding carboxylic acids is 1. The highest BCUT2D eigenvalue weighted by Gasteiger charge is 2.15. The number of para-hydroxylation sites is 1. The van der Waals surface area contributed by atoms with Crippen molar-refractivity contribution in [1.29, 1.82) is 0 Å². The van der Waals surface area contributed by atoms with E-state index in [0.29, 0.717) is 16.4 Å². The molecule has 1 aromatic carbocycles. The average Bonchev–Trinajstić information content (AvgIpc) is 3.06. The second-order valence-electron chi connectivity index (χ2n) is 5.54. The summed E-state index contributed by atoms with van der Waals surface area (Å²) in [4.78, 5) is 26.1. The number of aryl methyl sites for hydroxylation is 1. The van der Waals surface area contributed by atoms with Gasteiger partial charge in [-0.2, -0.15) is 0 Å². The van der Waals surface area contributed by atoms with E-state index in [9.17, 15) is 4.79 Å². The SMILES string of the molecule is Cc1csc(NC(=O)c2cc(-c3ccccn3)nc3ccccc23)n1. The van der Waals surface area contributed by atoms with Crippen LogP contribution in [0.4, 0.5) is 5.13 Å². The number of nitrogens with zero attached hydrogens (tertiary/aromatic N) is 3. The molecule has 0 spiro atoms. The van der Waals surface area contributed by atoms with Crippen LogP contribution in [0, 0.1) is 6.92 Å². The number of rotatable bonds is 3. The number of amides is 1. The maximum Gasteiger partial charge on any atom is 0.258 e. The van der Waals surface area contributed by atoms with Gasteiger partial charge in [0.1, 0.15) is 0 Å². The molecule has 6 heteroatoms. The number of nitrogens with one attached hydrogen (secondary N) is 1. The largest absolute Gasteiger partial charge is 0.298 e. The van der Waals surface area contributed by atoms with Crippen LogP contribution in [0.1, 0.15) is 16.1 Å². The number of carbonyl (C=O) groups is 1. The standard InChI is InChI=1S/C19H14N4OS/c1-12-11-25-19(21-12)23-18(24)14-10-17(16-8-4-5-9-20-16)22-15-7-3-2-6-13(14)15/h2-11H,1H3,(H,21,23,24). The lowest BCUT2D eigenvalue weighted by molar-refractivity contribution is 0.102. The van der Waals surface area contributed by atoms with E-state index >= 15 is 0 Å². The normalized spacial score (nSPS) is 10.8. The van der Waals surface area contributed by atoms with Gasteiger partial charge in [-0.05, 0) is 31.2 Å². The zero-order chi connectivity index (χ0) is 17.2. The molecule has 1 N–H and O–H groups in total. The summed E-state index contributed by atoms with van der Waals surface area (Å²) in [6.07, 6.45) is 1.71. The lowest BCUT2D eigenvalue weighted by atomic mass is 10.1. The fraction of sp³-hybridized carbons (Fsp3) is 0.0526. The van der Waals surface area contributed by atoms with E-state index in [0.717, 1.165) is 22.3 Å². The zero-order valence-electron chi connectivity index (χ0n) is 13.4. The Kier molecular flexibility index (Phi) is 3.95. The molecule has 0 aliphatic rings. The smallest absolute Gasteiger partial charge is 0.258 e. The molecule has 1 amide bonds. The molecule has 0 atom stereocenters. The van der Waals surface area contributed by atoms with Gasteiger partial charge in [0, 0.05) is 17.0 Å². The maximum absolute atomic E-state index is 12.8. The molecular formula is C19H14N4OS. The van der Waals surface area contributed by atoms with Crippen LogP contribution in [-0.2, 0) is 0 Å². The van der Waals surface area contributed by atoms with Gasteiger partial charge in [0.15, 0.2) is 5.13 Å². The van der Waals surface area contributed by atoms with E-state index in [2.05, 4.69) is 20.3 Å². The van der Waals surface area contributed by atoms with Crippen molar-refractivity contribution in [3.05, 3.63) is 71.4 Å². The lowest BCUT2D eigenvalue weighted by Gasteiger charge is -2.09. The van der Waals surface area contributed by atoms with E-state index in [1.807, 2.05) is 54.8 Å². The van der Waals surface area contributed by atoms with Gasteiger partial charge in [0.2, 0.25) is 0 Å².